The number of benzene rings is 1. The van der Waals surface area contributed by atoms with Gasteiger partial charge in [0.05, 0.1) is 23.3 Å². The maximum atomic E-state index is 12.1. The van der Waals surface area contributed by atoms with Gasteiger partial charge in [0, 0.05) is 15.5 Å². The lowest BCUT2D eigenvalue weighted by atomic mass is 10.1. The Hall–Kier alpha value is -1.53. The summed E-state index contributed by atoms with van der Waals surface area (Å²) in [6, 6.07) is 3.61. The number of halogens is 1. The largest absolute Gasteiger partial charge is 0.299 e. The minimum absolute atomic E-state index is 0.394. The van der Waals surface area contributed by atoms with Gasteiger partial charge < -0.3 is 0 Å². The molecule has 0 aliphatic carbocycles. The normalized spacial score (nSPS) is 14.1. The van der Waals surface area contributed by atoms with Gasteiger partial charge in [-0.25, -0.2) is 0 Å². The van der Waals surface area contributed by atoms with Crippen molar-refractivity contribution in [3.8, 4) is 0 Å². The van der Waals surface area contributed by atoms with E-state index in [1.54, 1.807) is 17.8 Å². The predicted molar refractivity (Wildman–Crippen MR) is 76.5 cm³/mol. The Labute approximate surface area is 122 Å². The SMILES string of the molecule is Cc1cc(Br)cc2c1N(Cc1cncs1)C(=O)C2=O. The summed E-state index contributed by atoms with van der Waals surface area (Å²) in [5.74, 6) is -0.909. The number of anilines is 1. The van der Waals surface area contributed by atoms with Crippen LogP contribution in [-0.4, -0.2) is 16.7 Å². The molecule has 0 atom stereocenters. The van der Waals surface area contributed by atoms with E-state index >= 15 is 0 Å². The van der Waals surface area contributed by atoms with E-state index in [1.165, 1.54) is 16.2 Å². The number of hydrogen-bond acceptors (Lipinski definition) is 4. The molecular formula is C13H9BrN2O2S. The summed E-state index contributed by atoms with van der Waals surface area (Å²) in [6.07, 6.45) is 1.72. The Balaban J connectivity index is 2.09. The van der Waals surface area contributed by atoms with E-state index in [0.717, 1.165) is 14.9 Å². The second-order valence-corrected chi connectivity index (χ2v) is 6.19. The molecule has 0 radical (unpaired) electrons. The number of aromatic nitrogens is 1. The Kier molecular flexibility index (Phi) is 2.99. The standard InChI is InChI=1S/C13H9BrN2O2S/c1-7-2-8(14)3-10-11(7)16(13(18)12(10)17)5-9-4-15-6-19-9/h2-4,6H,5H2,1H3. The number of carbonyl (C=O) groups excluding carboxylic acids is 2. The van der Waals surface area contributed by atoms with Gasteiger partial charge >= 0.3 is 0 Å². The zero-order valence-corrected chi connectivity index (χ0v) is 12.4. The molecule has 0 spiro atoms. The number of nitrogens with zero attached hydrogens (tertiary/aromatic N) is 2. The van der Waals surface area contributed by atoms with Crippen LogP contribution in [0, 0.1) is 6.92 Å². The molecule has 0 N–H and O–H groups in total. The van der Waals surface area contributed by atoms with E-state index in [0.29, 0.717) is 17.8 Å². The van der Waals surface area contributed by atoms with Gasteiger partial charge in [-0.1, -0.05) is 15.9 Å². The first-order valence-electron chi connectivity index (χ1n) is 5.61. The summed E-state index contributed by atoms with van der Waals surface area (Å²) in [5.41, 5.74) is 3.81. The Morgan fingerprint density at radius 2 is 2.16 bits per heavy atom. The number of Topliss-reactive ketones (excluding diaryl/α,β-unsaturated/α-hetero) is 1. The summed E-state index contributed by atoms with van der Waals surface area (Å²) >= 11 is 4.82. The summed E-state index contributed by atoms with van der Waals surface area (Å²) in [7, 11) is 0. The highest BCUT2D eigenvalue weighted by molar-refractivity contribution is 9.10. The molecule has 19 heavy (non-hydrogen) atoms. The van der Waals surface area contributed by atoms with Crippen LogP contribution < -0.4 is 4.90 Å². The van der Waals surface area contributed by atoms with Crippen molar-refractivity contribution in [3.05, 3.63) is 44.3 Å². The fraction of sp³-hybridized carbons (Fsp3) is 0.154. The van der Waals surface area contributed by atoms with Gasteiger partial charge in [-0.05, 0) is 24.6 Å². The van der Waals surface area contributed by atoms with Crippen LogP contribution in [0.2, 0.25) is 0 Å². The van der Waals surface area contributed by atoms with Crippen molar-refractivity contribution >= 4 is 44.6 Å². The van der Waals surface area contributed by atoms with Gasteiger partial charge in [0.25, 0.3) is 11.7 Å². The zero-order chi connectivity index (χ0) is 13.6. The van der Waals surface area contributed by atoms with Crippen LogP contribution in [0.4, 0.5) is 5.69 Å². The number of rotatable bonds is 2. The number of carbonyl (C=O) groups is 2. The van der Waals surface area contributed by atoms with Crippen LogP contribution in [0.15, 0.2) is 28.3 Å². The molecule has 0 saturated carbocycles. The molecule has 6 heteroatoms. The Morgan fingerprint density at radius 3 is 2.84 bits per heavy atom. The zero-order valence-electron chi connectivity index (χ0n) is 10.0. The van der Waals surface area contributed by atoms with Gasteiger partial charge in [-0.2, -0.15) is 0 Å². The summed E-state index contributed by atoms with van der Waals surface area (Å²) in [4.78, 5) is 30.6. The van der Waals surface area contributed by atoms with Gasteiger partial charge in [-0.3, -0.25) is 19.5 Å². The van der Waals surface area contributed by atoms with E-state index in [2.05, 4.69) is 20.9 Å². The molecule has 1 aliphatic heterocycles. The third kappa shape index (κ3) is 2.01. The van der Waals surface area contributed by atoms with Crippen LogP contribution in [0.5, 0.6) is 0 Å². The molecule has 1 amide bonds. The van der Waals surface area contributed by atoms with Crippen molar-refractivity contribution in [1.82, 2.24) is 4.98 Å². The van der Waals surface area contributed by atoms with Crippen LogP contribution in [0.25, 0.3) is 0 Å². The van der Waals surface area contributed by atoms with Crippen molar-refractivity contribution in [2.24, 2.45) is 0 Å². The number of ketones is 1. The first-order valence-corrected chi connectivity index (χ1v) is 7.29. The minimum atomic E-state index is -0.468. The molecule has 96 valence electrons. The van der Waals surface area contributed by atoms with Gasteiger partial charge in [-0.15, -0.1) is 11.3 Å². The lowest BCUT2D eigenvalue weighted by molar-refractivity contribution is -0.114. The fourth-order valence-corrected chi connectivity index (χ4v) is 3.39. The molecule has 3 rings (SSSR count). The second kappa shape index (κ2) is 4.54. The molecule has 0 saturated heterocycles. The minimum Gasteiger partial charge on any atom is -0.299 e. The number of hydrogen-bond donors (Lipinski definition) is 0. The van der Waals surface area contributed by atoms with Crippen LogP contribution >= 0.6 is 27.3 Å². The van der Waals surface area contributed by atoms with Crippen molar-refractivity contribution in [3.63, 3.8) is 0 Å². The van der Waals surface area contributed by atoms with E-state index in [-0.39, 0.29) is 0 Å². The van der Waals surface area contributed by atoms with Crippen LogP contribution in [0.1, 0.15) is 20.8 Å². The highest BCUT2D eigenvalue weighted by Gasteiger charge is 2.37. The lowest BCUT2D eigenvalue weighted by Crippen LogP contribution is -2.29. The molecule has 4 nitrogen and oxygen atoms in total. The molecule has 1 aliphatic rings. The van der Waals surface area contributed by atoms with Crippen LogP contribution in [0.3, 0.4) is 0 Å². The molecule has 1 aromatic heterocycles. The topological polar surface area (TPSA) is 50.3 Å². The first-order chi connectivity index (χ1) is 9.08. The summed E-state index contributed by atoms with van der Waals surface area (Å²) < 4.78 is 0.810. The average molecular weight is 337 g/mol. The predicted octanol–water partition coefficient (Wildman–Crippen LogP) is 2.94. The molecule has 2 aromatic rings. The maximum absolute atomic E-state index is 12.1. The fourth-order valence-electron chi connectivity index (χ4n) is 2.23. The number of thiazole rings is 1. The molecule has 2 heterocycles. The van der Waals surface area contributed by atoms with Crippen molar-refractivity contribution in [1.29, 1.82) is 0 Å². The number of aryl methyl sites for hydroxylation is 1. The second-order valence-electron chi connectivity index (χ2n) is 4.31. The van der Waals surface area contributed by atoms with Gasteiger partial charge in [0.15, 0.2) is 0 Å². The van der Waals surface area contributed by atoms with Crippen molar-refractivity contribution in [2.45, 2.75) is 13.5 Å². The third-order valence-electron chi connectivity index (χ3n) is 3.02. The third-order valence-corrected chi connectivity index (χ3v) is 4.24. The summed E-state index contributed by atoms with van der Waals surface area (Å²) in [6.45, 7) is 2.29. The Bertz CT molecular complexity index is 682. The molecule has 0 bridgehead atoms. The number of fused-ring (bicyclic) bond motifs is 1. The average Bonchev–Trinajstić information content (AvgIpc) is 2.93. The van der Waals surface area contributed by atoms with E-state index < -0.39 is 11.7 Å². The van der Waals surface area contributed by atoms with E-state index in [4.69, 9.17) is 0 Å². The van der Waals surface area contributed by atoms with Crippen LogP contribution in [-0.2, 0) is 11.3 Å². The lowest BCUT2D eigenvalue weighted by Gasteiger charge is -2.17. The molecular weight excluding hydrogens is 328 g/mol. The monoisotopic (exact) mass is 336 g/mol. The quantitative estimate of drug-likeness (QED) is 0.792. The highest BCUT2D eigenvalue weighted by Crippen LogP contribution is 2.36. The van der Waals surface area contributed by atoms with E-state index in [1.807, 2.05) is 13.0 Å². The number of amides is 1. The highest BCUT2D eigenvalue weighted by atomic mass is 79.9. The smallest absolute Gasteiger partial charge is 0.299 e. The molecule has 0 fully saturated rings. The first kappa shape index (κ1) is 12.5. The van der Waals surface area contributed by atoms with Crippen molar-refractivity contribution < 1.29 is 9.59 Å². The molecule has 1 aromatic carbocycles. The van der Waals surface area contributed by atoms with Gasteiger partial charge in [0.1, 0.15) is 0 Å². The molecule has 0 unspecified atom stereocenters. The van der Waals surface area contributed by atoms with Crippen molar-refractivity contribution in [2.75, 3.05) is 4.90 Å². The maximum Gasteiger partial charge on any atom is 0.299 e. The summed E-state index contributed by atoms with van der Waals surface area (Å²) in [5, 5.41) is 0. The Morgan fingerprint density at radius 1 is 1.37 bits per heavy atom. The van der Waals surface area contributed by atoms with Gasteiger partial charge in [0.2, 0.25) is 0 Å². The van der Waals surface area contributed by atoms with E-state index in [9.17, 15) is 9.59 Å².